The number of fused-ring (bicyclic) bond motifs is 1. The topological polar surface area (TPSA) is 79.4 Å². The summed E-state index contributed by atoms with van der Waals surface area (Å²) in [6.45, 7) is 4.51. The molecule has 0 saturated carbocycles. The molecule has 1 saturated heterocycles. The number of carbonyl (C=O) groups is 1. The molecular weight excluding hydrogens is 346 g/mol. The van der Waals surface area contributed by atoms with E-state index in [-0.39, 0.29) is 10.8 Å². The molecule has 0 spiro atoms. The normalized spacial score (nSPS) is 17.2. The highest BCUT2D eigenvalue weighted by atomic mass is 32.2. The summed E-state index contributed by atoms with van der Waals surface area (Å²) >= 11 is 1.29. The van der Waals surface area contributed by atoms with E-state index in [0.29, 0.717) is 17.2 Å². The quantitative estimate of drug-likeness (QED) is 0.897. The van der Waals surface area contributed by atoms with E-state index in [1.807, 2.05) is 0 Å². The van der Waals surface area contributed by atoms with Gasteiger partial charge in [0.15, 0.2) is 15.0 Å². The minimum atomic E-state index is -3.25. The van der Waals surface area contributed by atoms with Gasteiger partial charge in [-0.2, -0.15) is 0 Å². The lowest BCUT2D eigenvalue weighted by atomic mass is 9.99. The number of amides is 1. The first-order chi connectivity index (χ1) is 11.3. The van der Waals surface area contributed by atoms with Crippen molar-refractivity contribution in [2.75, 3.05) is 31.2 Å². The lowest BCUT2D eigenvalue weighted by molar-refractivity contribution is -0.117. The minimum Gasteiger partial charge on any atom is -0.301 e. The summed E-state index contributed by atoms with van der Waals surface area (Å²) in [7, 11) is -3.25. The van der Waals surface area contributed by atoms with E-state index < -0.39 is 9.84 Å². The summed E-state index contributed by atoms with van der Waals surface area (Å²) in [5.74, 6) is 0.657. The van der Waals surface area contributed by atoms with Crippen molar-refractivity contribution in [1.29, 1.82) is 0 Å². The molecule has 1 fully saturated rings. The van der Waals surface area contributed by atoms with Crippen LogP contribution in [0.5, 0.6) is 0 Å². The van der Waals surface area contributed by atoms with Gasteiger partial charge in [-0.05, 0) is 50.0 Å². The first-order valence-electron chi connectivity index (χ1n) is 7.94. The number of rotatable bonds is 4. The maximum Gasteiger partial charge on any atom is 0.240 e. The molecule has 1 aliphatic heterocycles. The van der Waals surface area contributed by atoms with Crippen LogP contribution >= 0.6 is 11.3 Å². The fraction of sp³-hybridized carbons (Fsp3) is 0.500. The Morgan fingerprint density at radius 2 is 2.08 bits per heavy atom. The van der Waals surface area contributed by atoms with Crippen LogP contribution < -0.4 is 5.32 Å². The minimum absolute atomic E-state index is 0.0769. The summed E-state index contributed by atoms with van der Waals surface area (Å²) < 4.78 is 24.0. The number of carbonyl (C=O) groups excluding carboxylic acids is 1. The summed E-state index contributed by atoms with van der Waals surface area (Å²) in [5, 5.41) is 3.33. The zero-order valence-electron chi connectivity index (χ0n) is 13.8. The Balaban J connectivity index is 1.67. The molecule has 0 bridgehead atoms. The van der Waals surface area contributed by atoms with Gasteiger partial charge in [-0.25, -0.2) is 13.4 Å². The summed E-state index contributed by atoms with van der Waals surface area (Å²) in [4.78, 5) is 19.0. The Morgan fingerprint density at radius 1 is 1.38 bits per heavy atom. The summed E-state index contributed by atoms with van der Waals surface area (Å²) in [5.41, 5.74) is 0.689. The first kappa shape index (κ1) is 17.3. The maximum atomic E-state index is 12.2. The van der Waals surface area contributed by atoms with Crippen molar-refractivity contribution in [2.24, 2.45) is 5.92 Å². The van der Waals surface area contributed by atoms with Gasteiger partial charge in [-0.1, -0.05) is 18.3 Å². The van der Waals surface area contributed by atoms with Gasteiger partial charge in [0.05, 0.1) is 21.7 Å². The van der Waals surface area contributed by atoms with Gasteiger partial charge in [0, 0.05) is 6.26 Å². The molecule has 6 nitrogen and oxygen atoms in total. The van der Waals surface area contributed by atoms with Crippen molar-refractivity contribution >= 4 is 42.4 Å². The van der Waals surface area contributed by atoms with Crippen molar-refractivity contribution in [1.82, 2.24) is 9.88 Å². The van der Waals surface area contributed by atoms with E-state index in [1.165, 1.54) is 23.7 Å². The standard InChI is InChI=1S/C16H21N3O3S2/c1-11-5-7-19(8-6-11)10-15(20)18-16-17-13-4-3-12(24(2,21)22)9-14(13)23-16/h3-4,9,11H,5-8,10H2,1-2H3,(H,17,18,20). The number of hydrogen-bond acceptors (Lipinski definition) is 6. The largest absolute Gasteiger partial charge is 0.301 e. The predicted molar refractivity (Wildman–Crippen MR) is 96.2 cm³/mol. The van der Waals surface area contributed by atoms with Crippen LogP contribution in [0.15, 0.2) is 23.1 Å². The molecule has 24 heavy (non-hydrogen) atoms. The molecule has 1 aromatic carbocycles. The fourth-order valence-electron chi connectivity index (χ4n) is 2.77. The van der Waals surface area contributed by atoms with Crippen LogP contribution in [0.1, 0.15) is 19.8 Å². The van der Waals surface area contributed by atoms with Gasteiger partial charge in [-0.15, -0.1) is 0 Å². The van der Waals surface area contributed by atoms with Crippen LogP contribution in [0.3, 0.4) is 0 Å². The van der Waals surface area contributed by atoms with Gasteiger partial charge in [-0.3, -0.25) is 9.69 Å². The number of nitrogens with one attached hydrogen (secondary N) is 1. The van der Waals surface area contributed by atoms with Crippen molar-refractivity contribution in [3.05, 3.63) is 18.2 Å². The van der Waals surface area contributed by atoms with Crippen molar-refractivity contribution < 1.29 is 13.2 Å². The zero-order chi connectivity index (χ0) is 17.3. The number of likely N-dealkylation sites (tertiary alicyclic amines) is 1. The molecule has 0 atom stereocenters. The van der Waals surface area contributed by atoms with E-state index >= 15 is 0 Å². The number of thiazole rings is 1. The smallest absolute Gasteiger partial charge is 0.240 e. The Hall–Kier alpha value is -1.51. The number of anilines is 1. The molecule has 0 radical (unpaired) electrons. The molecule has 8 heteroatoms. The highest BCUT2D eigenvalue weighted by Crippen LogP contribution is 2.28. The van der Waals surface area contributed by atoms with Crippen LogP contribution in [0.2, 0.25) is 0 Å². The molecule has 1 N–H and O–H groups in total. The van der Waals surface area contributed by atoms with Crippen LogP contribution in [0.4, 0.5) is 5.13 Å². The molecule has 2 aromatic rings. The van der Waals surface area contributed by atoms with E-state index in [9.17, 15) is 13.2 Å². The van der Waals surface area contributed by atoms with Gasteiger partial charge in [0.25, 0.3) is 0 Å². The highest BCUT2D eigenvalue weighted by Gasteiger charge is 2.19. The Morgan fingerprint density at radius 3 is 2.75 bits per heavy atom. The van der Waals surface area contributed by atoms with Gasteiger partial charge < -0.3 is 5.32 Å². The summed E-state index contributed by atoms with van der Waals surface area (Å²) in [6, 6.07) is 4.81. The predicted octanol–water partition coefficient (Wildman–Crippen LogP) is 2.37. The third-order valence-corrected chi connectivity index (χ3v) is 6.32. The second kappa shape index (κ2) is 6.78. The van der Waals surface area contributed by atoms with Crippen LogP contribution in [-0.2, 0) is 14.6 Å². The third-order valence-electron chi connectivity index (χ3n) is 4.28. The Labute approximate surface area is 145 Å². The van der Waals surface area contributed by atoms with Gasteiger partial charge in [0.2, 0.25) is 5.91 Å². The van der Waals surface area contributed by atoms with Crippen molar-refractivity contribution in [3.63, 3.8) is 0 Å². The average Bonchev–Trinajstić information content (AvgIpc) is 2.89. The lowest BCUT2D eigenvalue weighted by Gasteiger charge is -2.29. The van der Waals surface area contributed by atoms with Crippen molar-refractivity contribution in [2.45, 2.75) is 24.7 Å². The average molecular weight is 367 g/mol. The second-order valence-corrected chi connectivity index (χ2v) is 9.47. The molecule has 1 amide bonds. The number of hydrogen-bond donors (Lipinski definition) is 1. The molecule has 130 valence electrons. The molecule has 1 aliphatic rings. The molecule has 3 rings (SSSR count). The van der Waals surface area contributed by atoms with E-state index in [2.05, 4.69) is 22.1 Å². The number of aromatic nitrogens is 1. The Bertz CT molecular complexity index is 853. The SMILES string of the molecule is CC1CCN(CC(=O)Nc2nc3ccc(S(C)(=O)=O)cc3s2)CC1. The van der Waals surface area contributed by atoms with Crippen LogP contribution in [-0.4, -0.2) is 50.1 Å². The second-order valence-electron chi connectivity index (χ2n) is 6.43. The molecular formula is C16H21N3O3S2. The number of sulfone groups is 1. The number of piperidine rings is 1. The Kier molecular flexibility index (Phi) is 4.89. The zero-order valence-corrected chi connectivity index (χ0v) is 15.4. The summed E-state index contributed by atoms with van der Waals surface area (Å²) in [6.07, 6.45) is 3.43. The third kappa shape index (κ3) is 4.12. The van der Waals surface area contributed by atoms with E-state index in [4.69, 9.17) is 0 Å². The van der Waals surface area contributed by atoms with E-state index in [1.54, 1.807) is 12.1 Å². The van der Waals surface area contributed by atoms with Gasteiger partial charge >= 0.3 is 0 Å². The fourth-order valence-corrected chi connectivity index (χ4v) is 4.41. The van der Waals surface area contributed by atoms with E-state index in [0.717, 1.165) is 36.5 Å². The van der Waals surface area contributed by atoms with Crippen molar-refractivity contribution in [3.8, 4) is 0 Å². The maximum absolute atomic E-state index is 12.2. The monoisotopic (exact) mass is 367 g/mol. The van der Waals surface area contributed by atoms with Crippen LogP contribution in [0, 0.1) is 5.92 Å². The molecule has 1 aromatic heterocycles. The molecule has 0 aliphatic carbocycles. The first-order valence-corrected chi connectivity index (χ1v) is 10.6. The highest BCUT2D eigenvalue weighted by molar-refractivity contribution is 7.90. The number of benzene rings is 1. The number of nitrogens with zero attached hydrogens (tertiary/aromatic N) is 2. The van der Waals surface area contributed by atoms with Gasteiger partial charge in [0.1, 0.15) is 0 Å². The van der Waals surface area contributed by atoms with Crippen LogP contribution in [0.25, 0.3) is 10.2 Å². The molecule has 0 unspecified atom stereocenters. The molecule has 2 heterocycles. The lowest BCUT2D eigenvalue weighted by Crippen LogP contribution is -2.38.